The molecule has 0 bridgehead atoms. The summed E-state index contributed by atoms with van der Waals surface area (Å²) in [5.41, 5.74) is 9.66. The highest BCUT2D eigenvalue weighted by Crippen LogP contribution is 2.25. The van der Waals surface area contributed by atoms with E-state index in [0.717, 1.165) is 18.7 Å². The van der Waals surface area contributed by atoms with E-state index in [1.807, 2.05) is 43.4 Å². The standard InChI is InChI=1S/C21H27N3O/c1-23(21(25)15-19(22)17-9-3-2-4-10-17)16-18-11-5-6-12-20(18)24-13-7-8-14-24/h2-6,9-12,19H,7-8,13-16,22H2,1H3. The van der Waals surface area contributed by atoms with Crippen LogP contribution in [0.2, 0.25) is 0 Å². The molecule has 1 unspecified atom stereocenters. The molecule has 4 heteroatoms. The third kappa shape index (κ3) is 4.40. The van der Waals surface area contributed by atoms with E-state index in [-0.39, 0.29) is 11.9 Å². The van der Waals surface area contributed by atoms with Gasteiger partial charge in [0, 0.05) is 44.8 Å². The predicted octanol–water partition coefficient (Wildman–Crippen LogP) is 3.34. The highest BCUT2D eigenvalue weighted by Gasteiger charge is 2.19. The lowest BCUT2D eigenvalue weighted by molar-refractivity contribution is -0.130. The Morgan fingerprint density at radius 2 is 1.72 bits per heavy atom. The van der Waals surface area contributed by atoms with Gasteiger partial charge in [-0.25, -0.2) is 0 Å². The predicted molar refractivity (Wildman–Crippen MR) is 102 cm³/mol. The zero-order valence-electron chi connectivity index (χ0n) is 14.9. The van der Waals surface area contributed by atoms with Gasteiger partial charge in [-0.05, 0) is 30.0 Å². The van der Waals surface area contributed by atoms with Gasteiger partial charge in [-0.2, -0.15) is 0 Å². The molecule has 1 heterocycles. The summed E-state index contributed by atoms with van der Waals surface area (Å²) in [5, 5.41) is 0. The normalized spacial score (nSPS) is 15.2. The van der Waals surface area contributed by atoms with E-state index >= 15 is 0 Å². The quantitative estimate of drug-likeness (QED) is 0.879. The number of nitrogens with zero attached hydrogens (tertiary/aromatic N) is 2. The van der Waals surface area contributed by atoms with E-state index in [1.54, 1.807) is 4.90 Å². The molecule has 1 fully saturated rings. The monoisotopic (exact) mass is 337 g/mol. The van der Waals surface area contributed by atoms with Crippen LogP contribution in [0.5, 0.6) is 0 Å². The van der Waals surface area contributed by atoms with Gasteiger partial charge in [-0.15, -0.1) is 0 Å². The smallest absolute Gasteiger partial charge is 0.224 e. The Kier molecular flexibility index (Phi) is 5.71. The van der Waals surface area contributed by atoms with E-state index < -0.39 is 0 Å². The third-order valence-electron chi connectivity index (χ3n) is 4.89. The fourth-order valence-electron chi connectivity index (χ4n) is 3.42. The molecule has 0 saturated carbocycles. The second-order valence-corrected chi connectivity index (χ2v) is 6.79. The highest BCUT2D eigenvalue weighted by atomic mass is 16.2. The first kappa shape index (κ1) is 17.5. The molecule has 1 aliphatic rings. The minimum absolute atomic E-state index is 0.0765. The number of para-hydroxylation sites is 1. The first-order valence-electron chi connectivity index (χ1n) is 9.02. The molecule has 1 saturated heterocycles. The molecule has 4 nitrogen and oxygen atoms in total. The Labute approximate surface area is 150 Å². The van der Waals surface area contributed by atoms with Gasteiger partial charge in [0.15, 0.2) is 0 Å². The van der Waals surface area contributed by atoms with Crippen LogP contribution in [0.25, 0.3) is 0 Å². The Morgan fingerprint density at radius 3 is 2.44 bits per heavy atom. The van der Waals surface area contributed by atoms with Gasteiger partial charge in [0.1, 0.15) is 0 Å². The van der Waals surface area contributed by atoms with Gasteiger partial charge < -0.3 is 15.5 Å². The number of carbonyl (C=O) groups excluding carboxylic acids is 1. The lowest BCUT2D eigenvalue weighted by atomic mass is 10.0. The zero-order chi connectivity index (χ0) is 17.6. The molecule has 1 amide bonds. The van der Waals surface area contributed by atoms with Gasteiger partial charge in [0.05, 0.1) is 0 Å². The molecule has 2 aromatic rings. The van der Waals surface area contributed by atoms with E-state index in [0.29, 0.717) is 13.0 Å². The average Bonchev–Trinajstić information content (AvgIpc) is 3.17. The Morgan fingerprint density at radius 1 is 1.08 bits per heavy atom. The Balaban J connectivity index is 1.64. The molecule has 0 aliphatic carbocycles. The second kappa shape index (κ2) is 8.17. The molecular formula is C21H27N3O. The van der Waals surface area contributed by atoms with Crippen LogP contribution in [-0.4, -0.2) is 30.9 Å². The van der Waals surface area contributed by atoms with Crippen LogP contribution in [0.3, 0.4) is 0 Å². The SMILES string of the molecule is CN(Cc1ccccc1N1CCCC1)C(=O)CC(N)c1ccccc1. The van der Waals surface area contributed by atoms with Gasteiger partial charge in [-0.3, -0.25) is 4.79 Å². The lowest BCUT2D eigenvalue weighted by Crippen LogP contribution is -2.30. The minimum atomic E-state index is -0.259. The molecule has 3 rings (SSSR count). The highest BCUT2D eigenvalue weighted by molar-refractivity contribution is 5.77. The van der Waals surface area contributed by atoms with Gasteiger partial charge >= 0.3 is 0 Å². The molecular weight excluding hydrogens is 310 g/mol. The van der Waals surface area contributed by atoms with Crippen LogP contribution >= 0.6 is 0 Å². The molecule has 0 spiro atoms. The number of anilines is 1. The van der Waals surface area contributed by atoms with E-state index in [9.17, 15) is 4.79 Å². The largest absolute Gasteiger partial charge is 0.371 e. The molecule has 1 aliphatic heterocycles. The van der Waals surface area contributed by atoms with Crippen molar-refractivity contribution in [2.24, 2.45) is 5.73 Å². The zero-order valence-corrected chi connectivity index (χ0v) is 14.9. The molecule has 132 valence electrons. The maximum atomic E-state index is 12.6. The summed E-state index contributed by atoms with van der Waals surface area (Å²) in [5.74, 6) is 0.0765. The first-order chi connectivity index (χ1) is 12.1. The summed E-state index contributed by atoms with van der Waals surface area (Å²) in [6.07, 6.45) is 2.82. The van der Waals surface area contributed by atoms with Gasteiger partial charge in [-0.1, -0.05) is 48.5 Å². The van der Waals surface area contributed by atoms with Crippen LogP contribution in [0.1, 0.15) is 36.4 Å². The van der Waals surface area contributed by atoms with E-state index in [2.05, 4.69) is 23.1 Å². The van der Waals surface area contributed by atoms with E-state index in [1.165, 1.54) is 24.1 Å². The van der Waals surface area contributed by atoms with Crippen molar-refractivity contribution in [2.45, 2.75) is 31.8 Å². The minimum Gasteiger partial charge on any atom is -0.371 e. The first-order valence-corrected chi connectivity index (χ1v) is 9.02. The fourth-order valence-corrected chi connectivity index (χ4v) is 3.42. The van der Waals surface area contributed by atoms with Crippen LogP contribution in [0, 0.1) is 0 Å². The van der Waals surface area contributed by atoms with Crippen molar-refractivity contribution in [1.82, 2.24) is 4.90 Å². The van der Waals surface area contributed by atoms with Crippen molar-refractivity contribution >= 4 is 11.6 Å². The van der Waals surface area contributed by atoms with Crippen LogP contribution in [0.4, 0.5) is 5.69 Å². The van der Waals surface area contributed by atoms with Crippen LogP contribution < -0.4 is 10.6 Å². The number of nitrogens with two attached hydrogens (primary N) is 1. The summed E-state index contributed by atoms with van der Waals surface area (Å²) >= 11 is 0. The summed E-state index contributed by atoms with van der Waals surface area (Å²) in [6.45, 7) is 2.83. The number of amides is 1. The second-order valence-electron chi connectivity index (χ2n) is 6.79. The van der Waals surface area contributed by atoms with Crippen molar-refractivity contribution in [1.29, 1.82) is 0 Å². The number of hydrogen-bond acceptors (Lipinski definition) is 3. The topological polar surface area (TPSA) is 49.6 Å². The van der Waals surface area contributed by atoms with Crippen molar-refractivity contribution in [3.63, 3.8) is 0 Å². The Bertz CT molecular complexity index is 695. The molecule has 25 heavy (non-hydrogen) atoms. The van der Waals surface area contributed by atoms with Gasteiger partial charge in [0.2, 0.25) is 5.91 Å². The number of hydrogen-bond donors (Lipinski definition) is 1. The maximum Gasteiger partial charge on any atom is 0.224 e. The average molecular weight is 337 g/mol. The molecule has 0 aromatic heterocycles. The van der Waals surface area contributed by atoms with Crippen molar-refractivity contribution in [3.05, 3.63) is 65.7 Å². The molecule has 2 N–H and O–H groups in total. The molecule has 0 radical (unpaired) electrons. The lowest BCUT2D eigenvalue weighted by Gasteiger charge is -2.25. The summed E-state index contributed by atoms with van der Waals surface area (Å²) in [7, 11) is 1.86. The van der Waals surface area contributed by atoms with Crippen molar-refractivity contribution in [3.8, 4) is 0 Å². The van der Waals surface area contributed by atoms with Crippen molar-refractivity contribution < 1.29 is 4.79 Å². The molecule has 1 atom stereocenters. The number of rotatable bonds is 6. The summed E-state index contributed by atoms with van der Waals surface area (Å²) < 4.78 is 0. The molecule has 2 aromatic carbocycles. The summed E-state index contributed by atoms with van der Waals surface area (Å²) in [6, 6.07) is 18.0. The maximum absolute atomic E-state index is 12.6. The van der Waals surface area contributed by atoms with E-state index in [4.69, 9.17) is 5.73 Å². The summed E-state index contributed by atoms with van der Waals surface area (Å²) in [4.78, 5) is 16.8. The van der Waals surface area contributed by atoms with Crippen LogP contribution in [-0.2, 0) is 11.3 Å². The Hall–Kier alpha value is -2.33. The number of carbonyl (C=O) groups is 1. The van der Waals surface area contributed by atoms with Crippen molar-refractivity contribution in [2.75, 3.05) is 25.0 Å². The van der Waals surface area contributed by atoms with Crippen LogP contribution in [0.15, 0.2) is 54.6 Å². The third-order valence-corrected chi connectivity index (χ3v) is 4.89. The fraction of sp³-hybridized carbons (Fsp3) is 0.381. The number of benzene rings is 2. The van der Waals surface area contributed by atoms with Gasteiger partial charge in [0.25, 0.3) is 0 Å².